The molecule has 0 aliphatic carbocycles. The maximum atomic E-state index is 4.52. The molecule has 0 N–H and O–H groups in total. The Morgan fingerprint density at radius 2 is 1.86 bits per heavy atom. The SMILES string of the molecule is Cc1cc2ncn(Cc3ccc4ncsc4c3)c2cc1C. The summed E-state index contributed by atoms with van der Waals surface area (Å²) in [5, 5.41) is 0. The van der Waals surface area contributed by atoms with Crippen molar-refractivity contribution in [3.8, 4) is 0 Å². The fourth-order valence-corrected chi connectivity index (χ4v) is 3.37. The largest absolute Gasteiger partial charge is 0.326 e. The zero-order chi connectivity index (χ0) is 14.4. The predicted molar refractivity (Wildman–Crippen MR) is 87.9 cm³/mol. The van der Waals surface area contributed by atoms with Gasteiger partial charge in [0.15, 0.2) is 0 Å². The van der Waals surface area contributed by atoms with Crippen molar-refractivity contribution in [2.24, 2.45) is 0 Å². The van der Waals surface area contributed by atoms with Gasteiger partial charge in [0.1, 0.15) is 0 Å². The summed E-state index contributed by atoms with van der Waals surface area (Å²) in [6.07, 6.45) is 1.93. The molecule has 0 saturated heterocycles. The third-order valence-electron chi connectivity index (χ3n) is 3.99. The molecule has 4 aromatic rings. The first-order chi connectivity index (χ1) is 10.2. The summed E-state index contributed by atoms with van der Waals surface area (Å²) in [4.78, 5) is 8.85. The molecule has 2 aromatic carbocycles. The average molecular weight is 293 g/mol. The highest BCUT2D eigenvalue weighted by Gasteiger charge is 2.06. The van der Waals surface area contributed by atoms with E-state index < -0.39 is 0 Å². The fourth-order valence-electron chi connectivity index (χ4n) is 2.63. The number of rotatable bonds is 2. The van der Waals surface area contributed by atoms with Gasteiger partial charge in [-0.3, -0.25) is 0 Å². The summed E-state index contributed by atoms with van der Waals surface area (Å²) in [6.45, 7) is 5.12. The summed E-state index contributed by atoms with van der Waals surface area (Å²) < 4.78 is 3.45. The van der Waals surface area contributed by atoms with Crippen LogP contribution in [0.4, 0.5) is 0 Å². The molecule has 0 aliphatic heterocycles. The first-order valence-corrected chi connectivity index (χ1v) is 7.83. The Labute approximate surface area is 126 Å². The number of imidazole rings is 1. The number of benzene rings is 2. The van der Waals surface area contributed by atoms with Crippen molar-refractivity contribution in [1.29, 1.82) is 0 Å². The Morgan fingerprint density at radius 3 is 2.76 bits per heavy atom. The van der Waals surface area contributed by atoms with Crippen molar-refractivity contribution in [3.05, 3.63) is 58.9 Å². The van der Waals surface area contributed by atoms with Crippen LogP contribution in [0.1, 0.15) is 16.7 Å². The molecule has 4 heteroatoms. The standard InChI is InChI=1S/C17H15N3S/c1-11-5-15-16(6-12(11)2)20(9-18-15)8-13-3-4-14-17(7-13)21-10-19-14/h3-7,9-10H,8H2,1-2H3. The molecule has 3 nitrogen and oxygen atoms in total. The third-order valence-corrected chi connectivity index (χ3v) is 4.78. The van der Waals surface area contributed by atoms with Crippen molar-refractivity contribution >= 4 is 32.6 Å². The van der Waals surface area contributed by atoms with Gasteiger partial charge >= 0.3 is 0 Å². The fraction of sp³-hybridized carbons (Fsp3) is 0.176. The van der Waals surface area contributed by atoms with Crippen LogP contribution in [0.25, 0.3) is 21.3 Å². The number of aryl methyl sites for hydroxylation is 2. The number of thiazole rings is 1. The summed E-state index contributed by atoms with van der Waals surface area (Å²) in [6, 6.07) is 10.8. The molecular formula is C17H15N3S. The zero-order valence-corrected chi connectivity index (χ0v) is 12.8. The molecule has 0 amide bonds. The maximum absolute atomic E-state index is 4.52. The highest BCUT2D eigenvalue weighted by molar-refractivity contribution is 7.16. The van der Waals surface area contributed by atoms with Crippen LogP contribution >= 0.6 is 11.3 Å². The second-order valence-electron chi connectivity index (χ2n) is 5.45. The second-order valence-corrected chi connectivity index (χ2v) is 6.34. The lowest BCUT2D eigenvalue weighted by Gasteiger charge is -2.06. The Morgan fingerprint density at radius 1 is 1.00 bits per heavy atom. The van der Waals surface area contributed by atoms with Crippen molar-refractivity contribution in [2.75, 3.05) is 0 Å². The van der Waals surface area contributed by atoms with E-state index in [-0.39, 0.29) is 0 Å². The number of aromatic nitrogens is 3. The lowest BCUT2D eigenvalue weighted by molar-refractivity contribution is 0.825. The highest BCUT2D eigenvalue weighted by Crippen LogP contribution is 2.22. The molecule has 0 aliphatic rings. The van der Waals surface area contributed by atoms with E-state index in [2.05, 4.69) is 58.7 Å². The number of nitrogens with zero attached hydrogens (tertiary/aromatic N) is 3. The highest BCUT2D eigenvalue weighted by atomic mass is 32.1. The molecular weight excluding hydrogens is 278 g/mol. The van der Waals surface area contributed by atoms with Gasteiger partial charge in [0, 0.05) is 6.54 Å². The van der Waals surface area contributed by atoms with E-state index in [9.17, 15) is 0 Å². The van der Waals surface area contributed by atoms with E-state index in [0.717, 1.165) is 17.6 Å². The van der Waals surface area contributed by atoms with Crippen molar-refractivity contribution in [1.82, 2.24) is 14.5 Å². The van der Waals surface area contributed by atoms with E-state index in [1.165, 1.54) is 26.9 Å². The maximum Gasteiger partial charge on any atom is 0.0961 e. The van der Waals surface area contributed by atoms with Crippen LogP contribution in [-0.2, 0) is 6.54 Å². The van der Waals surface area contributed by atoms with Crippen LogP contribution in [0.5, 0.6) is 0 Å². The van der Waals surface area contributed by atoms with Gasteiger partial charge in [0.25, 0.3) is 0 Å². The van der Waals surface area contributed by atoms with E-state index in [4.69, 9.17) is 0 Å². The Bertz CT molecular complexity index is 949. The minimum atomic E-state index is 0.840. The topological polar surface area (TPSA) is 30.7 Å². The van der Waals surface area contributed by atoms with Crippen LogP contribution < -0.4 is 0 Å². The Balaban J connectivity index is 1.77. The number of fused-ring (bicyclic) bond motifs is 2. The van der Waals surface area contributed by atoms with Crippen LogP contribution in [0.2, 0.25) is 0 Å². The molecule has 0 spiro atoms. The van der Waals surface area contributed by atoms with Gasteiger partial charge in [-0.05, 0) is 54.8 Å². The normalized spacial score (nSPS) is 11.5. The lowest BCUT2D eigenvalue weighted by atomic mass is 10.1. The van der Waals surface area contributed by atoms with Crippen LogP contribution in [0.15, 0.2) is 42.2 Å². The van der Waals surface area contributed by atoms with Crippen molar-refractivity contribution in [3.63, 3.8) is 0 Å². The first-order valence-electron chi connectivity index (χ1n) is 6.95. The van der Waals surface area contributed by atoms with E-state index in [1.807, 2.05) is 11.8 Å². The quantitative estimate of drug-likeness (QED) is 0.551. The van der Waals surface area contributed by atoms with Gasteiger partial charge in [0.2, 0.25) is 0 Å². The summed E-state index contributed by atoms with van der Waals surface area (Å²) >= 11 is 1.69. The Kier molecular flexibility index (Phi) is 2.79. The predicted octanol–water partition coefficient (Wildman–Crippen LogP) is 4.31. The lowest BCUT2D eigenvalue weighted by Crippen LogP contribution is -1.98. The van der Waals surface area contributed by atoms with Gasteiger partial charge in [-0.1, -0.05) is 6.07 Å². The third kappa shape index (κ3) is 2.12. The van der Waals surface area contributed by atoms with E-state index in [1.54, 1.807) is 11.3 Å². The molecule has 4 rings (SSSR count). The average Bonchev–Trinajstić information content (AvgIpc) is 3.07. The minimum absolute atomic E-state index is 0.840. The molecule has 0 radical (unpaired) electrons. The smallest absolute Gasteiger partial charge is 0.0961 e. The number of hydrogen-bond donors (Lipinski definition) is 0. The molecule has 104 valence electrons. The molecule has 0 fully saturated rings. The molecule has 0 saturated carbocycles. The van der Waals surface area contributed by atoms with Gasteiger partial charge < -0.3 is 4.57 Å². The summed E-state index contributed by atoms with van der Waals surface area (Å²) in [7, 11) is 0. The van der Waals surface area contributed by atoms with Gasteiger partial charge in [-0.15, -0.1) is 11.3 Å². The molecule has 2 aromatic heterocycles. The first kappa shape index (κ1) is 12.5. The molecule has 0 atom stereocenters. The Hall–Kier alpha value is -2.20. The molecule has 2 heterocycles. The monoisotopic (exact) mass is 293 g/mol. The molecule has 0 unspecified atom stereocenters. The van der Waals surface area contributed by atoms with Crippen LogP contribution in [-0.4, -0.2) is 14.5 Å². The number of hydrogen-bond acceptors (Lipinski definition) is 3. The van der Waals surface area contributed by atoms with Crippen molar-refractivity contribution in [2.45, 2.75) is 20.4 Å². The van der Waals surface area contributed by atoms with Crippen LogP contribution in [0, 0.1) is 13.8 Å². The van der Waals surface area contributed by atoms with Gasteiger partial charge in [0.05, 0.1) is 33.1 Å². The van der Waals surface area contributed by atoms with Crippen LogP contribution in [0.3, 0.4) is 0 Å². The van der Waals surface area contributed by atoms with E-state index >= 15 is 0 Å². The molecule has 21 heavy (non-hydrogen) atoms. The minimum Gasteiger partial charge on any atom is -0.326 e. The second kappa shape index (κ2) is 4.67. The zero-order valence-electron chi connectivity index (χ0n) is 12.0. The van der Waals surface area contributed by atoms with Gasteiger partial charge in [-0.2, -0.15) is 0 Å². The van der Waals surface area contributed by atoms with Crippen molar-refractivity contribution < 1.29 is 0 Å². The van der Waals surface area contributed by atoms with Gasteiger partial charge in [-0.25, -0.2) is 9.97 Å². The summed E-state index contributed by atoms with van der Waals surface area (Å²) in [5.41, 5.74) is 9.11. The van der Waals surface area contributed by atoms with E-state index in [0.29, 0.717) is 0 Å². The molecule has 0 bridgehead atoms. The summed E-state index contributed by atoms with van der Waals surface area (Å²) in [5.74, 6) is 0.